The number of aromatic nitrogens is 1. The first kappa shape index (κ1) is 22.4. The van der Waals surface area contributed by atoms with E-state index in [4.69, 9.17) is 4.42 Å². The number of aryl methyl sites for hydroxylation is 1. The minimum absolute atomic E-state index is 0.151. The Kier molecular flexibility index (Phi) is 7.67. The molecule has 2 heterocycles. The van der Waals surface area contributed by atoms with Gasteiger partial charge in [-0.2, -0.15) is 0 Å². The molecular weight excluding hydrogens is 392 g/mol. The molecule has 0 saturated heterocycles. The second-order valence-electron chi connectivity index (χ2n) is 7.16. The van der Waals surface area contributed by atoms with Gasteiger partial charge in [-0.25, -0.2) is 0 Å². The standard InChI is InChI=1S/C24H30N4O3/c1-4-27(5-2)14-13-25-23(29)20(26-24(30)22-12-9-15-31-22)16-18-17-28(6-3)21-11-8-7-10-19(18)21/h7-12,15-17H,4-6,13-14H2,1-3H3,(H,25,29)(H,26,30). The first-order valence-electron chi connectivity index (χ1n) is 10.7. The zero-order chi connectivity index (χ0) is 22.2. The Bertz CT molecular complexity index is 1050. The van der Waals surface area contributed by atoms with Crippen LogP contribution in [0.1, 0.15) is 36.9 Å². The lowest BCUT2D eigenvalue weighted by Gasteiger charge is -2.18. The molecule has 3 rings (SSSR count). The Labute approximate surface area is 182 Å². The average Bonchev–Trinajstić information content (AvgIpc) is 3.45. The van der Waals surface area contributed by atoms with E-state index in [1.54, 1.807) is 18.2 Å². The van der Waals surface area contributed by atoms with Crippen LogP contribution in [-0.4, -0.2) is 47.5 Å². The number of fused-ring (bicyclic) bond motifs is 1. The molecule has 0 unspecified atom stereocenters. The van der Waals surface area contributed by atoms with Crippen LogP contribution in [0.2, 0.25) is 0 Å². The van der Waals surface area contributed by atoms with Gasteiger partial charge >= 0.3 is 0 Å². The van der Waals surface area contributed by atoms with Gasteiger partial charge in [0.05, 0.1) is 6.26 Å². The molecule has 7 nitrogen and oxygen atoms in total. The molecule has 2 N–H and O–H groups in total. The van der Waals surface area contributed by atoms with Gasteiger partial charge in [0.1, 0.15) is 5.70 Å². The number of hydrogen-bond acceptors (Lipinski definition) is 4. The fraction of sp³-hybridized carbons (Fsp3) is 0.333. The van der Waals surface area contributed by atoms with Gasteiger partial charge < -0.3 is 24.5 Å². The third kappa shape index (κ3) is 5.44. The molecule has 0 saturated carbocycles. The van der Waals surface area contributed by atoms with Crippen molar-refractivity contribution in [2.75, 3.05) is 26.2 Å². The van der Waals surface area contributed by atoms with Crippen molar-refractivity contribution >= 4 is 28.8 Å². The average molecular weight is 423 g/mol. The Hall–Kier alpha value is -3.32. The number of carbonyl (C=O) groups is 2. The van der Waals surface area contributed by atoms with Crippen molar-refractivity contribution in [1.82, 2.24) is 20.1 Å². The number of hydrogen-bond donors (Lipinski definition) is 2. The number of benzene rings is 1. The predicted molar refractivity (Wildman–Crippen MR) is 123 cm³/mol. The number of nitrogens with zero attached hydrogens (tertiary/aromatic N) is 2. The largest absolute Gasteiger partial charge is 0.459 e. The van der Waals surface area contributed by atoms with E-state index in [9.17, 15) is 9.59 Å². The van der Waals surface area contributed by atoms with Gasteiger partial charge in [0, 0.05) is 42.3 Å². The van der Waals surface area contributed by atoms with E-state index in [1.807, 2.05) is 30.5 Å². The molecule has 0 radical (unpaired) electrons. The first-order chi connectivity index (χ1) is 15.1. The number of rotatable bonds is 10. The lowest BCUT2D eigenvalue weighted by Crippen LogP contribution is -2.39. The normalized spacial score (nSPS) is 11.8. The molecule has 2 amide bonds. The molecule has 31 heavy (non-hydrogen) atoms. The second-order valence-corrected chi connectivity index (χ2v) is 7.16. The van der Waals surface area contributed by atoms with Gasteiger partial charge in [-0.3, -0.25) is 9.59 Å². The van der Waals surface area contributed by atoms with Gasteiger partial charge in [-0.15, -0.1) is 0 Å². The predicted octanol–water partition coefficient (Wildman–Crippen LogP) is 3.48. The number of amides is 2. The fourth-order valence-electron chi connectivity index (χ4n) is 3.52. The van der Waals surface area contributed by atoms with Crippen molar-refractivity contribution in [3.05, 3.63) is 65.9 Å². The van der Waals surface area contributed by atoms with Crippen molar-refractivity contribution in [2.24, 2.45) is 0 Å². The molecule has 2 aromatic heterocycles. The van der Waals surface area contributed by atoms with E-state index < -0.39 is 5.91 Å². The molecule has 0 spiro atoms. The highest BCUT2D eigenvalue weighted by Gasteiger charge is 2.17. The Morgan fingerprint density at radius 2 is 1.87 bits per heavy atom. The van der Waals surface area contributed by atoms with E-state index in [0.29, 0.717) is 6.54 Å². The SMILES string of the molecule is CCN(CC)CCNC(=O)C(=Cc1cn(CC)c2ccccc12)NC(=O)c1ccco1. The molecule has 0 aliphatic carbocycles. The molecule has 0 aliphatic rings. The van der Waals surface area contributed by atoms with Crippen LogP contribution in [0.4, 0.5) is 0 Å². The molecule has 0 bridgehead atoms. The van der Waals surface area contributed by atoms with Crippen molar-refractivity contribution < 1.29 is 14.0 Å². The lowest BCUT2D eigenvalue weighted by atomic mass is 10.1. The third-order valence-corrected chi connectivity index (χ3v) is 5.31. The molecule has 3 aromatic rings. The summed E-state index contributed by atoms with van der Waals surface area (Å²) in [5, 5.41) is 6.66. The van der Waals surface area contributed by atoms with Crippen LogP contribution in [0.3, 0.4) is 0 Å². The van der Waals surface area contributed by atoms with Crippen molar-refractivity contribution in [2.45, 2.75) is 27.3 Å². The smallest absolute Gasteiger partial charge is 0.291 e. The second kappa shape index (κ2) is 10.6. The summed E-state index contributed by atoms with van der Waals surface area (Å²) in [6.07, 6.45) is 5.15. The number of likely N-dealkylation sites (N-methyl/N-ethyl adjacent to an activating group) is 1. The Morgan fingerprint density at radius 1 is 1.10 bits per heavy atom. The summed E-state index contributed by atoms with van der Waals surface area (Å²) in [7, 11) is 0. The Balaban J connectivity index is 1.88. The van der Waals surface area contributed by atoms with Crippen LogP contribution in [-0.2, 0) is 11.3 Å². The van der Waals surface area contributed by atoms with Crippen molar-refractivity contribution in [1.29, 1.82) is 0 Å². The Morgan fingerprint density at radius 3 is 2.55 bits per heavy atom. The molecule has 0 aliphatic heterocycles. The zero-order valence-electron chi connectivity index (χ0n) is 18.4. The summed E-state index contributed by atoms with van der Waals surface area (Å²) < 4.78 is 7.29. The van der Waals surface area contributed by atoms with Crippen LogP contribution in [0.5, 0.6) is 0 Å². The summed E-state index contributed by atoms with van der Waals surface area (Å²) >= 11 is 0. The maximum Gasteiger partial charge on any atom is 0.291 e. The van der Waals surface area contributed by atoms with Crippen LogP contribution < -0.4 is 10.6 Å². The van der Waals surface area contributed by atoms with Crippen LogP contribution in [0.25, 0.3) is 17.0 Å². The van der Waals surface area contributed by atoms with Gasteiger partial charge in [-0.05, 0) is 44.3 Å². The minimum Gasteiger partial charge on any atom is -0.459 e. The van der Waals surface area contributed by atoms with Crippen LogP contribution in [0.15, 0.2) is 59.0 Å². The van der Waals surface area contributed by atoms with Gasteiger partial charge in [0.2, 0.25) is 0 Å². The number of nitrogens with one attached hydrogen (secondary N) is 2. The monoisotopic (exact) mass is 422 g/mol. The topological polar surface area (TPSA) is 79.5 Å². The lowest BCUT2D eigenvalue weighted by molar-refractivity contribution is -0.117. The molecule has 0 atom stereocenters. The van der Waals surface area contributed by atoms with E-state index in [1.165, 1.54) is 6.26 Å². The number of furan rings is 1. The summed E-state index contributed by atoms with van der Waals surface area (Å²) in [4.78, 5) is 27.8. The van der Waals surface area contributed by atoms with E-state index in [0.717, 1.165) is 42.6 Å². The quantitative estimate of drug-likeness (QED) is 0.490. The molecule has 7 heteroatoms. The van der Waals surface area contributed by atoms with Gasteiger partial charge in [-0.1, -0.05) is 32.0 Å². The maximum absolute atomic E-state index is 13.0. The fourth-order valence-corrected chi connectivity index (χ4v) is 3.52. The van der Waals surface area contributed by atoms with Crippen molar-refractivity contribution in [3.63, 3.8) is 0 Å². The summed E-state index contributed by atoms with van der Waals surface area (Å²) in [5.74, 6) is -0.646. The molecule has 1 aromatic carbocycles. The van der Waals surface area contributed by atoms with Crippen LogP contribution in [0, 0.1) is 0 Å². The summed E-state index contributed by atoms with van der Waals surface area (Å²) in [6, 6.07) is 11.2. The number of carbonyl (C=O) groups excluding carboxylic acids is 2. The van der Waals surface area contributed by atoms with E-state index in [2.05, 4.69) is 40.9 Å². The number of para-hydroxylation sites is 1. The molecule has 0 fully saturated rings. The van der Waals surface area contributed by atoms with E-state index >= 15 is 0 Å². The highest BCUT2D eigenvalue weighted by Crippen LogP contribution is 2.23. The highest BCUT2D eigenvalue weighted by molar-refractivity contribution is 6.05. The van der Waals surface area contributed by atoms with E-state index in [-0.39, 0.29) is 17.4 Å². The summed E-state index contributed by atoms with van der Waals surface area (Å²) in [5.41, 5.74) is 2.13. The minimum atomic E-state index is -0.464. The zero-order valence-corrected chi connectivity index (χ0v) is 18.4. The van der Waals surface area contributed by atoms with Gasteiger partial charge in [0.25, 0.3) is 11.8 Å². The highest BCUT2D eigenvalue weighted by atomic mass is 16.3. The molecule has 164 valence electrons. The van der Waals surface area contributed by atoms with Crippen LogP contribution >= 0.6 is 0 Å². The van der Waals surface area contributed by atoms with Gasteiger partial charge in [0.15, 0.2) is 5.76 Å². The third-order valence-electron chi connectivity index (χ3n) is 5.31. The maximum atomic E-state index is 13.0. The first-order valence-corrected chi connectivity index (χ1v) is 10.7. The molecular formula is C24H30N4O3. The summed E-state index contributed by atoms with van der Waals surface area (Å²) in [6.45, 7) is 10.1. The van der Waals surface area contributed by atoms with Crippen molar-refractivity contribution in [3.8, 4) is 0 Å².